The smallest absolute Gasteiger partial charge is 0.138 e. The number of aldehydes is 1. The number of nitrogens with one attached hydrogen (secondary N) is 1. The summed E-state index contributed by atoms with van der Waals surface area (Å²) in [6, 6.07) is 9.89. The van der Waals surface area contributed by atoms with E-state index >= 15 is 0 Å². The van der Waals surface area contributed by atoms with Crippen LogP contribution in [0.1, 0.15) is 5.56 Å². The van der Waals surface area contributed by atoms with Gasteiger partial charge in [-0.1, -0.05) is 30.3 Å². The molecule has 1 aliphatic heterocycles. The fourth-order valence-corrected chi connectivity index (χ4v) is 2.24. The third kappa shape index (κ3) is 2.91. The van der Waals surface area contributed by atoms with Gasteiger partial charge in [-0.15, -0.1) is 0 Å². The van der Waals surface area contributed by atoms with Gasteiger partial charge in [-0.25, -0.2) is 0 Å². The molecule has 1 aromatic carbocycles. The number of benzene rings is 1. The number of carbonyl (C=O) groups excluding carboxylic acids is 1. The van der Waals surface area contributed by atoms with Crippen LogP contribution in [0, 0.1) is 0 Å². The lowest BCUT2D eigenvalue weighted by molar-refractivity contribution is -0.114. The van der Waals surface area contributed by atoms with Crippen molar-refractivity contribution in [3.8, 4) is 0 Å². The molecule has 0 aromatic heterocycles. The van der Waals surface area contributed by atoms with E-state index in [1.54, 1.807) is 0 Å². The second kappa shape index (κ2) is 5.91. The number of hydrogen-bond donors (Lipinski definition) is 2. The molecule has 1 unspecified atom stereocenters. The van der Waals surface area contributed by atoms with Crippen molar-refractivity contribution in [2.45, 2.75) is 18.6 Å². The van der Waals surface area contributed by atoms with Crippen molar-refractivity contribution >= 4 is 6.29 Å². The van der Waals surface area contributed by atoms with E-state index in [0.717, 1.165) is 12.8 Å². The summed E-state index contributed by atoms with van der Waals surface area (Å²) < 4.78 is 0. The zero-order chi connectivity index (χ0) is 12.1. The van der Waals surface area contributed by atoms with Gasteiger partial charge in [0.15, 0.2) is 0 Å². The van der Waals surface area contributed by atoms with Gasteiger partial charge in [0, 0.05) is 25.7 Å². The van der Waals surface area contributed by atoms with Gasteiger partial charge in [0.05, 0.1) is 12.6 Å². The maximum Gasteiger partial charge on any atom is 0.138 e. The van der Waals surface area contributed by atoms with E-state index in [2.05, 4.69) is 10.2 Å². The molecule has 0 radical (unpaired) electrons. The zero-order valence-corrected chi connectivity index (χ0v) is 9.75. The van der Waals surface area contributed by atoms with Gasteiger partial charge in [-0.3, -0.25) is 4.90 Å². The molecule has 1 heterocycles. The van der Waals surface area contributed by atoms with Crippen molar-refractivity contribution in [3.63, 3.8) is 0 Å². The van der Waals surface area contributed by atoms with Gasteiger partial charge >= 0.3 is 0 Å². The second-order valence-electron chi connectivity index (χ2n) is 4.36. The van der Waals surface area contributed by atoms with Crippen molar-refractivity contribution in [2.75, 3.05) is 19.7 Å². The van der Waals surface area contributed by atoms with Crippen LogP contribution in [0.15, 0.2) is 30.3 Å². The van der Waals surface area contributed by atoms with Crippen LogP contribution in [0.2, 0.25) is 0 Å². The summed E-state index contributed by atoms with van der Waals surface area (Å²) in [7, 11) is 0. The molecule has 2 N–H and O–H groups in total. The molecule has 0 bridgehead atoms. The molecule has 4 heteroatoms. The van der Waals surface area contributed by atoms with E-state index < -0.39 is 0 Å². The third-order valence-corrected chi connectivity index (χ3v) is 3.20. The van der Waals surface area contributed by atoms with E-state index in [1.807, 2.05) is 30.3 Å². The Morgan fingerprint density at radius 1 is 1.35 bits per heavy atom. The van der Waals surface area contributed by atoms with Crippen molar-refractivity contribution in [1.29, 1.82) is 0 Å². The maximum absolute atomic E-state index is 11.1. The monoisotopic (exact) mass is 234 g/mol. The standard InChI is InChI=1S/C13H18N2O2/c16-9-12-6-14-7-13(10-17)15(12)8-11-4-2-1-3-5-11/h1-5,9,12-14,17H,6-8,10H2/t12?,13-/m1/s1. The minimum Gasteiger partial charge on any atom is -0.395 e. The van der Waals surface area contributed by atoms with Crippen LogP contribution in [0.3, 0.4) is 0 Å². The lowest BCUT2D eigenvalue weighted by Crippen LogP contribution is -2.58. The van der Waals surface area contributed by atoms with Gasteiger partial charge in [-0.2, -0.15) is 0 Å². The Morgan fingerprint density at radius 2 is 2.12 bits per heavy atom. The molecular weight excluding hydrogens is 216 g/mol. The highest BCUT2D eigenvalue weighted by Crippen LogP contribution is 2.13. The lowest BCUT2D eigenvalue weighted by atomic mass is 10.1. The van der Waals surface area contributed by atoms with Gasteiger partial charge in [0.2, 0.25) is 0 Å². The molecule has 0 spiro atoms. The van der Waals surface area contributed by atoms with Crippen LogP contribution in [-0.2, 0) is 11.3 Å². The topological polar surface area (TPSA) is 52.6 Å². The Kier molecular flexibility index (Phi) is 4.25. The lowest BCUT2D eigenvalue weighted by Gasteiger charge is -2.39. The fraction of sp³-hybridized carbons (Fsp3) is 0.462. The summed E-state index contributed by atoms with van der Waals surface area (Å²) in [5, 5.41) is 12.5. The quantitative estimate of drug-likeness (QED) is 0.721. The largest absolute Gasteiger partial charge is 0.395 e. The number of hydrogen-bond acceptors (Lipinski definition) is 4. The summed E-state index contributed by atoms with van der Waals surface area (Å²) in [5.74, 6) is 0. The molecule has 17 heavy (non-hydrogen) atoms. The Morgan fingerprint density at radius 3 is 2.76 bits per heavy atom. The minimum atomic E-state index is -0.152. The maximum atomic E-state index is 11.1. The fourth-order valence-electron chi connectivity index (χ4n) is 2.24. The molecule has 1 aliphatic rings. The second-order valence-corrected chi connectivity index (χ2v) is 4.36. The molecule has 1 aromatic rings. The predicted octanol–water partition coefficient (Wildman–Crippen LogP) is 0.0202. The highest BCUT2D eigenvalue weighted by molar-refractivity contribution is 5.58. The number of piperazine rings is 1. The molecule has 2 atom stereocenters. The van der Waals surface area contributed by atoms with Gasteiger partial charge < -0.3 is 15.2 Å². The molecule has 0 amide bonds. The van der Waals surface area contributed by atoms with E-state index in [0.29, 0.717) is 13.1 Å². The van der Waals surface area contributed by atoms with Crippen molar-refractivity contribution in [3.05, 3.63) is 35.9 Å². The number of nitrogens with zero attached hydrogens (tertiary/aromatic N) is 1. The first-order chi connectivity index (χ1) is 8.35. The predicted molar refractivity (Wildman–Crippen MR) is 65.6 cm³/mol. The van der Waals surface area contributed by atoms with Crippen LogP contribution in [-0.4, -0.2) is 48.1 Å². The zero-order valence-electron chi connectivity index (χ0n) is 9.75. The number of rotatable bonds is 4. The SMILES string of the molecule is O=CC1CNC[C@H](CO)N1Cc1ccccc1. The van der Waals surface area contributed by atoms with Gasteiger partial charge in [0.1, 0.15) is 6.29 Å². The van der Waals surface area contributed by atoms with Crippen molar-refractivity contribution < 1.29 is 9.90 Å². The number of aliphatic hydroxyl groups is 1. The third-order valence-electron chi connectivity index (χ3n) is 3.20. The summed E-state index contributed by atoms with van der Waals surface area (Å²) in [4.78, 5) is 13.1. The highest BCUT2D eigenvalue weighted by atomic mass is 16.3. The summed E-state index contributed by atoms with van der Waals surface area (Å²) in [6.07, 6.45) is 0.956. The molecular formula is C13H18N2O2. The first-order valence-electron chi connectivity index (χ1n) is 5.91. The first-order valence-corrected chi connectivity index (χ1v) is 5.91. The van der Waals surface area contributed by atoms with E-state index in [1.165, 1.54) is 5.56 Å². The normalized spacial score (nSPS) is 25.7. The van der Waals surface area contributed by atoms with Crippen LogP contribution in [0.25, 0.3) is 0 Å². The number of carbonyl (C=O) groups is 1. The van der Waals surface area contributed by atoms with Crippen molar-refractivity contribution in [2.24, 2.45) is 0 Å². The molecule has 4 nitrogen and oxygen atoms in total. The molecule has 2 rings (SSSR count). The Hall–Kier alpha value is -1.23. The summed E-state index contributed by atoms with van der Waals surface area (Å²) in [5.41, 5.74) is 1.17. The molecule has 1 fully saturated rings. The van der Waals surface area contributed by atoms with Crippen LogP contribution in [0.5, 0.6) is 0 Å². The summed E-state index contributed by atoms with van der Waals surface area (Å²) >= 11 is 0. The molecule has 0 aliphatic carbocycles. The molecule has 1 saturated heterocycles. The average Bonchev–Trinajstić information content (AvgIpc) is 2.40. The van der Waals surface area contributed by atoms with E-state index in [9.17, 15) is 9.90 Å². The van der Waals surface area contributed by atoms with Crippen LogP contribution in [0.4, 0.5) is 0 Å². The van der Waals surface area contributed by atoms with E-state index in [-0.39, 0.29) is 18.7 Å². The van der Waals surface area contributed by atoms with E-state index in [4.69, 9.17) is 0 Å². The highest BCUT2D eigenvalue weighted by Gasteiger charge is 2.29. The number of aliphatic hydroxyl groups excluding tert-OH is 1. The Balaban J connectivity index is 2.11. The minimum absolute atomic E-state index is 0.0131. The van der Waals surface area contributed by atoms with Crippen molar-refractivity contribution in [1.82, 2.24) is 10.2 Å². The average molecular weight is 234 g/mol. The van der Waals surface area contributed by atoms with Crippen LogP contribution >= 0.6 is 0 Å². The first kappa shape index (κ1) is 12.2. The molecule has 0 saturated carbocycles. The Bertz CT molecular complexity index is 356. The van der Waals surface area contributed by atoms with Gasteiger partial charge in [-0.05, 0) is 5.56 Å². The molecule has 92 valence electrons. The Labute approximate surface area is 101 Å². The van der Waals surface area contributed by atoms with Crippen LogP contribution < -0.4 is 5.32 Å². The summed E-state index contributed by atoms with van der Waals surface area (Å²) in [6.45, 7) is 2.17. The van der Waals surface area contributed by atoms with Gasteiger partial charge in [0.25, 0.3) is 0 Å².